The van der Waals surface area contributed by atoms with Crippen LogP contribution in [0.4, 0.5) is 5.95 Å². The van der Waals surface area contributed by atoms with Gasteiger partial charge in [0.05, 0.1) is 12.7 Å². The van der Waals surface area contributed by atoms with Crippen LogP contribution < -0.4 is 10.6 Å². The number of nitrogens with one attached hydrogen (secondary N) is 2. The summed E-state index contributed by atoms with van der Waals surface area (Å²) in [5.41, 5.74) is 0. The Balaban J connectivity index is 1.79. The van der Waals surface area contributed by atoms with Gasteiger partial charge >= 0.3 is 0 Å². The van der Waals surface area contributed by atoms with Crippen LogP contribution in [0.5, 0.6) is 0 Å². The van der Waals surface area contributed by atoms with Crippen molar-refractivity contribution in [3.8, 4) is 0 Å². The van der Waals surface area contributed by atoms with Crippen LogP contribution in [-0.4, -0.2) is 41.9 Å². The number of anilines is 1. The lowest BCUT2D eigenvalue weighted by molar-refractivity contribution is 0.0371. The molecule has 2 heterocycles. The van der Waals surface area contributed by atoms with E-state index in [-0.39, 0.29) is 6.10 Å². The third-order valence-corrected chi connectivity index (χ3v) is 2.31. The van der Waals surface area contributed by atoms with Crippen molar-refractivity contribution >= 4 is 5.95 Å². The first-order valence-corrected chi connectivity index (χ1v) is 4.90. The lowest BCUT2D eigenvalue weighted by Gasteiger charge is -2.23. The summed E-state index contributed by atoms with van der Waals surface area (Å²) in [5, 5.41) is 6.54. The van der Waals surface area contributed by atoms with E-state index in [9.17, 15) is 0 Å². The normalized spacial score (nSPS) is 22.2. The lowest BCUT2D eigenvalue weighted by Crippen LogP contribution is -2.42. The molecule has 0 saturated carbocycles. The molecule has 0 amide bonds. The van der Waals surface area contributed by atoms with Gasteiger partial charge in [0.2, 0.25) is 5.95 Å². The van der Waals surface area contributed by atoms with Crippen LogP contribution in [0.15, 0.2) is 12.4 Å². The highest BCUT2D eigenvalue weighted by Gasteiger charge is 2.13. The van der Waals surface area contributed by atoms with Crippen LogP contribution in [0.25, 0.3) is 0 Å². The zero-order valence-corrected chi connectivity index (χ0v) is 8.36. The van der Waals surface area contributed by atoms with E-state index in [0.717, 1.165) is 32.2 Å². The quantitative estimate of drug-likeness (QED) is 0.704. The topological polar surface area (TPSA) is 51.1 Å². The van der Waals surface area contributed by atoms with Crippen molar-refractivity contribution in [3.05, 3.63) is 12.4 Å². The van der Waals surface area contributed by atoms with E-state index in [1.807, 2.05) is 17.8 Å². The van der Waals surface area contributed by atoms with Crippen LogP contribution in [-0.2, 0) is 11.8 Å². The average molecular weight is 196 g/mol. The van der Waals surface area contributed by atoms with Crippen LogP contribution in [0.3, 0.4) is 0 Å². The Morgan fingerprint density at radius 2 is 2.71 bits per heavy atom. The molecule has 1 aromatic heterocycles. The van der Waals surface area contributed by atoms with Gasteiger partial charge in [0.25, 0.3) is 0 Å². The second kappa shape index (κ2) is 4.43. The van der Waals surface area contributed by atoms with Gasteiger partial charge in [-0.05, 0) is 0 Å². The van der Waals surface area contributed by atoms with Crippen molar-refractivity contribution in [2.24, 2.45) is 7.05 Å². The molecule has 0 aliphatic carbocycles. The fourth-order valence-corrected chi connectivity index (χ4v) is 1.49. The second-order valence-electron chi connectivity index (χ2n) is 3.44. The molecule has 1 atom stereocenters. The minimum atomic E-state index is 0.250. The van der Waals surface area contributed by atoms with Crippen LogP contribution in [0.2, 0.25) is 0 Å². The SMILES string of the molecule is Cn1ccnc1NCC1CNCCO1. The van der Waals surface area contributed by atoms with Gasteiger partial charge in [-0.15, -0.1) is 0 Å². The Labute approximate surface area is 83.5 Å². The predicted octanol–water partition coefficient (Wildman–Crippen LogP) is -0.180. The smallest absolute Gasteiger partial charge is 0.202 e. The maximum absolute atomic E-state index is 5.55. The van der Waals surface area contributed by atoms with Crippen molar-refractivity contribution in [1.29, 1.82) is 0 Å². The molecule has 1 aromatic rings. The average Bonchev–Trinajstić information content (AvgIpc) is 2.63. The summed E-state index contributed by atoms with van der Waals surface area (Å²) in [5.74, 6) is 0.888. The molecule has 0 aromatic carbocycles. The molecule has 0 spiro atoms. The fourth-order valence-electron chi connectivity index (χ4n) is 1.49. The van der Waals surface area contributed by atoms with E-state index in [4.69, 9.17) is 4.74 Å². The number of rotatable bonds is 3. The van der Waals surface area contributed by atoms with Gasteiger partial charge in [-0.1, -0.05) is 0 Å². The van der Waals surface area contributed by atoms with Crippen molar-refractivity contribution in [3.63, 3.8) is 0 Å². The van der Waals surface area contributed by atoms with E-state index >= 15 is 0 Å². The third-order valence-electron chi connectivity index (χ3n) is 2.31. The highest BCUT2D eigenvalue weighted by Crippen LogP contribution is 2.02. The summed E-state index contributed by atoms with van der Waals surface area (Å²) in [6, 6.07) is 0. The molecule has 1 aliphatic rings. The molecular weight excluding hydrogens is 180 g/mol. The molecule has 0 bridgehead atoms. The summed E-state index contributed by atoms with van der Waals surface area (Å²) in [6.45, 7) is 3.47. The Hall–Kier alpha value is -1.07. The first-order chi connectivity index (χ1) is 6.86. The van der Waals surface area contributed by atoms with E-state index in [2.05, 4.69) is 15.6 Å². The Morgan fingerprint density at radius 1 is 1.79 bits per heavy atom. The van der Waals surface area contributed by atoms with Gasteiger partial charge in [0.1, 0.15) is 0 Å². The van der Waals surface area contributed by atoms with Gasteiger partial charge in [-0.3, -0.25) is 0 Å². The minimum absolute atomic E-state index is 0.250. The molecule has 2 N–H and O–H groups in total. The lowest BCUT2D eigenvalue weighted by atomic mass is 10.3. The van der Waals surface area contributed by atoms with E-state index in [1.54, 1.807) is 6.20 Å². The standard InChI is InChI=1S/C9H16N4O/c1-13-4-2-11-9(13)12-7-8-6-10-3-5-14-8/h2,4,8,10H,3,5-7H2,1H3,(H,11,12). The number of nitrogens with zero attached hydrogens (tertiary/aromatic N) is 2. The Kier molecular flexibility index (Phi) is 3.00. The second-order valence-corrected chi connectivity index (χ2v) is 3.44. The summed E-state index contributed by atoms with van der Waals surface area (Å²) in [4.78, 5) is 4.18. The van der Waals surface area contributed by atoms with E-state index < -0.39 is 0 Å². The molecular formula is C9H16N4O. The Morgan fingerprint density at radius 3 is 3.36 bits per heavy atom. The summed E-state index contributed by atoms with van der Waals surface area (Å²) >= 11 is 0. The molecule has 1 unspecified atom stereocenters. The van der Waals surface area contributed by atoms with Gasteiger partial charge in [0, 0.05) is 39.1 Å². The number of imidazole rings is 1. The number of ether oxygens (including phenoxy) is 1. The number of aromatic nitrogens is 2. The fraction of sp³-hybridized carbons (Fsp3) is 0.667. The number of morpholine rings is 1. The van der Waals surface area contributed by atoms with E-state index in [0.29, 0.717) is 0 Å². The largest absolute Gasteiger partial charge is 0.374 e. The Bertz CT molecular complexity index is 280. The van der Waals surface area contributed by atoms with Gasteiger partial charge in [0.15, 0.2) is 0 Å². The minimum Gasteiger partial charge on any atom is -0.374 e. The molecule has 5 nitrogen and oxygen atoms in total. The summed E-state index contributed by atoms with van der Waals surface area (Å²) in [7, 11) is 1.97. The molecule has 5 heteroatoms. The number of hydrogen-bond donors (Lipinski definition) is 2. The molecule has 0 radical (unpaired) electrons. The third kappa shape index (κ3) is 2.24. The highest BCUT2D eigenvalue weighted by molar-refractivity contribution is 5.25. The number of hydrogen-bond acceptors (Lipinski definition) is 4. The summed E-state index contributed by atoms with van der Waals surface area (Å²) < 4.78 is 7.51. The predicted molar refractivity (Wildman–Crippen MR) is 54.3 cm³/mol. The molecule has 78 valence electrons. The maximum atomic E-state index is 5.55. The summed E-state index contributed by atoms with van der Waals surface area (Å²) in [6.07, 6.45) is 3.95. The van der Waals surface area contributed by atoms with Gasteiger partial charge in [-0.25, -0.2) is 4.98 Å². The van der Waals surface area contributed by atoms with E-state index in [1.165, 1.54) is 0 Å². The monoisotopic (exact) mass is 196 g/mol. The van der Waals surface area contributed by atoms with Crippen LogP contribution in [0.1, 0.15) is 0 Å². The van der Waals surface area contributed by atoms with Crippen molar-refractivity contribution in [1.82, 2.24) is 14.9 Å². The highest BCUT2D eigenvalue weighted by atomic mass is 16.5. The van der Waals surface area contributed by atoms with Crippen molar-refractivity contribution < 1.29 is 4.74 Å². The van der Waals surface area contributed by atoms with Gasteiger partial charge < -0.3 is 19.9 Å². The van der Waals surface area contributed by atoms with Crippen molar-refractivity contribution in [2.75, 3.05) is 31.6 Å². The first kappa shape index (κ1) is 9.48. The maximum Gasteiger partial charge on any atom is 0.202 e. The molecule has 2 rings (SSSR count). The first-order valence-electron chi connectivity index (χ1n) is 4.90. The molecule has 14 heavy (non-hydrogen) atoms. The molecule has 1 aliphatic heterocycles. The zero-order chi connectivity index (χ0) is 9.80. The number of aryl methyl sites for hydroxylation is 1. The molecule has 1 saturated heterocycles. The molecule has 1 fully saturated rings. The van der Waals surface area contributed by atoms with Gasteiger partial charge in [-0.2, -0.15) is 0 Å². The van der Waals surface area contributed by atoms with Crippen molar-refractivity contribution in [2.45, 2.75) is 6.10 Å². The van der Waals surface area contributed by atoms with Crippen LogP contribution >= 0.6 is 0 Å². The zero-order valence-electron chi connectivity index (χ0n) is 8.36. The van der Waals surface area contributed by atoms with Crippen LogP contribution in [0, 0.1) is 0 Å².